The van der Waals surface area contributed by atoms with Gasteiger partial charge in [-0.1, -0.05) is 123 Å². The summed E-state index contributed by atoms with van der Waals surface area (Å²) in [6, 6.07) is 16.5. The Morgan fingerprint density at radius 3 is 1.43 bits per heavy atom. The van der Waals surface area contributed by atoms with E-state index in [-0.39, 0.29) is 5.41 Å². The minimum atomic E-state index is -0.0828. The van der Waals surface area contributed by atoms with E-state index in [1.807, 2.05) is 65.8 Å². The summed E-state index contributed by atoms with van der Waals surface area (Å²) in [5.74, 6) is 0.550. The Morgan fingerprint density at radius 1 is 0.750 bits per heavy atom. The molecule has 0 N–H and O–H groups in total. The van der Waals surface area contributed by atoms with Crippen molar-refractivity contribution in [1.82, 2.24) is 0 Å². The predicted octanol–water partition coefficient (Wildman–Crippen LogP) is 10.2. The van der Waals surface area contributed by atoms with E-state index in [9.17, 15) is 0 Å². The molecule has 160 valence electrons. The highest BCUT2D eigenvalue weighted by molar-refractivity contribution is 6.31. The summed E-state index contributed by atoms with van der Waals surface area (Å²) in [6.45, 7) is 18.8. The zero-order valence-corrected chi connectivity index (χ0v) is 21.1. The van der Waals surface area contributed by atoms with Gasteiger partial charge in [-0.3, -0.25) is 0 Å². The molecule has 0 bridgehead atoms. The van der Waals surface area contributed by atoms with Gasteiger partial charge >= 0.3 is 0 Å². The second-order valence-corrected chi connectivity index (χ2v) is 6.99. The standard InChI is InChI=1S/C20H24Cl2.3C2H6/c1-4-8-15(5-2)20(3,16-9-6-11-18(21)13-16)17-10-7-12-19(22)14-17;3*1-2/h6-7,9-15H,4-5,8H2,1-3H3;3*1-2H3. The van der Waals surface area contributed by atoms with Gasteiger partial charge in [0.1, 0.15) is 0 Å². The highest BCUT2D eigenvalue weighted by Gasteiger charge is 2.36. The molecular formula is C26H42Cl2. The predicted molar refractivity (Wildman–Crippen MR) is 132 cm³/mol. The van der Waals surface area contributed by atoms with Crippen molar-refractivity contribution in [3.05, 3.63) is 69.7 Å². The molecule has 1 unspecified atom stereocenters. The summed E-state index contributed by atoms with van der Waals surface area (Å²) < 4.78 is 0. The lowest BCUT2D eigenvalue weighted by atomic mass is 9.65. The number of hydrogen-bond acceptors (Lipinski definition) is 0. The first-order valence-electron chi connectivity index (χ1n) is 11.0. The van der Waals surface area contributed by atoms with Crippen LogP contribution in [0.15, 0.2) is 48.5 Å². The van der Waals surface area contributed by atoms with Crippen LogP contribution in [0.5, 0.6) is 0 Å². The van der Waals surface area contributed by atoms with Crippen LogP contribution in [0.4, 0.5) is 0 Å². The van der Waals surface area contributed by atoms with Crippen LogP contribution in [0.3, 0.4) is 0 Å². The van der Waals surface area contributed by atoms with Gasteiger partial charge < -0.3 is 0 Å². The third-order valence-electron chi connectivity index (χ3n) is 4.80. The van der Waals surface area contributed by atoms with Crippen LogP contribution in [-0.2, 0) is 5.41 Å². The number of halogens is 2. The Balaban J connectivity index is 0. The van der Waals surface area contributed by atoms with Gasteiger partial charge in [0.05, 0.1) is 0 Å². The molecule has 0 fully saturated rings. The van der Waals surface area contributed by atoms with Crippen LogP contribution >= 0.6 is 23.2 Å². The summed E-state index contributed by atoms with van der Waals surface area (Å²) in [7, 11) is 0. The first-order chi connectivity index (χ1) is 13.5. The van der Waals surface area contributed by atoms with E-state index >= 15 is 0 Å². The van der Waals surface area contributed by atoms with Crippen molar-refractivity contribution in [2.45, 2.75) is 87.0 Å². The normalized spacial score (nSPS) is 11.0. The summed E-state index contributed by atoms with van der Waals surface area (Å²) in [4.78, 5) is 0. The van der Waals surface area contributed by atoms with E-state index in [1.54, 1.807) is 0 Å². The van der Waals surface area contributed by atoms with Crippen LogP contribution in [0, 0.1) is 5.92 Å². The average Bonchev–Trinajstić information content (AvgIpc) is 2.75. The van der Waals surface area contributed by atoms with Gasteiger partial charge in [0.15, 0.2) is 0 Å². The minimum absolute atomic E-state index is 0.0828. The van der Waals surface area contributed by atoms with E-state index in [0.717, 1.165) is 16.5 Å². The van der Waals surface area contributed by atoms with Gasteiger partial charge in [-0.05, 0) is 47.7 Å². The first kappa shape index (κ1) is 29.2. The summed E-state index contributed by atoms with van der Waals surface area (Å²) >= 11 is 12.5. The molecule has 0 spiro atoms. The molecule has 0 heterocycles. The maximum Gasteiger partial charge on any atom is 0.0409 e. The van der Waals surface area contributed by atoms with E-state index < -0.39 is 0 Å². The second-order valence-electron chi connectivity index (χ2n) is 6.12. The smallest absolute Gasteiger partial charge is 0.0409 e. The Hall–Kier alpha value is -0.980. The summed E-state index contributed by atoms with van der Waals surface area (Å²) in [6.07, 6.45) is 3.49. The van der Waals surface area contributed by atoms with Gasteiger partial charge in [0.2, 0.25) is 0 Å². The fraction of sp³-hybridized carbons (Fsp3) is 0.538. The van der Waals surface area contributed by atoms with Gasteiger partial charge in [-0.15, -0.1) is 0 Å². The molecule has 2 heteroatoms. The van der Waals surface area contributed by atoms with Gasteiger partial charge in [0, 0.05) is 15.5 Å². The highest BCUT2D eigenvalue weighted by Crippen LogP contribution is 2.43. The molecule has 1 atom stereocenters. The van der Waals surface area contributed by atoms with Crippen LogP contribution < -0.4 is 0 Å². The molecular weight excluding hydrogens is 383 g/mol. The Labute approximate surface area is 185 Å². The highest BCUT2D eigenvalue weighted by atomic mass is 35.5. The molecule has 0 aromatic heterocycles. The van der Waals surface area contributed by atoms with Gasteiger partial charge in [0.25, 0.3) is 0 Å². The number of hydrogen-bond donors (Lipinski definition) is 0. The molecule has 0 saturated heterocycles. The van der Waals surface area contributed by atoms with Crippen molar-refractivity contribution in [1.29, 1.82) is 0 Å². The molecule has 2 aromatic carbocycles. The van der Waals surface area contributed by atoms with Crippen molar-refractivity contribution in [3.63, 3.8) is 0 Å². The zero-order valence-electron chi connectivity index (χ0n) is 19.6. The molecule has 0 amide bonds. The lowest BCUT2D eigenvalue weighted by Gasteiger charge is -2.39. The summed E-state index contributed by atoms with van der Waals surface area (Å²) in [5.41, 5.74) is 2.45. The van der Waals surface area contributed by atoms with Crippen molar-refractivity contribution in [2.75, 3.05) is 0 Å². The van der Waals surface area contributed by atoms with E-state index in [2.05, 4.69) is 45.0 Å². The summed E-state index contributed by atoms with van der Waals surface area (Å²) in [5, 5.41) is 1.58. The van der Waals surface area contributed by atoms with Crippen LogP contribution in [-0.4, -0.2) is 0 Å². The number of benzene rings is 2. The van der Waals surface area contributed by atoms with E-state index in [1.165, 1.54) is 24.0 Å². The molecule has 28 heavy (non-hydrogen) atoms. The van der Waals surface area contributed by atoms with Gasteiger partial charge in [-0.2, -0.15) is 0 Å². The first-order valence-corrected chi connectivity index (χ1v) is 11.8. The van der Waals surface area contributed by atoms with E-state index in [0.29, 0.717) is 5.92 Å². The monoisotopic (exact) mass is 424 g/mol. The quantitative estimate of drug-likeness (QED) is 0.432. The fourth-order valence-corrected chi connectivity index (χ4v) is 3.89. The molecule has 0 aliphatic heterocycles. The molecule has 2 rings (SSSR count). The van der Waals surface area contributed by atoms with Crippen LogP contribution in [0.1, 0.15) is 92.7 Å². The van der Waals surface area contributed by atoms with Gasteiger partial charge in [-0.25, -0.2) is 0 Å². The largest absolute Gasteiger partial charge is 0.0843 e. The minimum Gasteiger partial charge on any atom is -0.0843 e. The third kappa shape index (κ3) is 8.18. The lowest BCUT2D eigenvalue weighted by molar-refractivity contribution is 0.311. The number of rotatable bonds is 6. The van der Waals surface area contributed by atoms with E-state index in [4.69, 9.17) is 23.2 Å². The molecule has 0 aliphatic carbocycles. The Morgan fingerprint density at radius 2 is 1.14 bits per heavy atom. The fourth-order valence-electron chi connectivity index (χ4n) is 3.51. The molecule has 0 saturated carbocycles. The maximum absolute atomic E-state index is 6.27. The maximum atomic E-state index is 6.27. The van der Waals surface area contributed by atoms with Crippen LogP contribution in [0.2, 0.25) is 10.0 Å². The second kappa shape index (κ2) is 16.9. The van der Waals surface area contributed by atoms with Crippen molar-refractivity contribution < 1.29 is 0 Å². The topological polar surface area (TPSA) is 0 Å². The Kier molecular flexibility index (Phi) is 17.7. The lowest BCUT2D eigenvalue weighted by Crippen LogP contribution is -2.33. The van der Waals surface area contributed by atoms with Crippen molar-refractivity contribution >= 4 is 23.2 Å². The average molecular weight is 426 g/mol. The van der Waals surface area contributed by atoms with Crippen molar-refractivity contribution in [3.8, 4) is 0 Å². The Bertz CT molecular complexity index is 574. The molecule has 2 aromatic rings. The SMILES string of the molecule is CC.CC.CC.CCCC(CC)C(C)(c1cccc(Cl)c1)c1cccc(Cl)c1. The molecule has 0 nitrogen and oxygen atoms in total. The third-order valence-corrected chi connectivity index (χ3v) is 5.27. The zero-order chi connectivity index (χ0) is 22.2. The molecule has 0 aliphatic rings. The molecule has 0 radical (unpaired) electrons. The van der Waals surface area contributed by atoms with Crippen molar-refractivity contribution in [2.24, 2.45) is 5.92 Å². The van der Waals surface area contributed by atoms with Crippen LogP contribution in [0.25, 0.3) is 0 Å².